The molecule has 1 heterocycles. The van der Waals surface area contributed by atoms with Gasteiger partial charge in [0.05, 0.1) is 5.54 Å². The third-order valence-electron chi connectivity index (χ3n) is 3.36. The van der Waals surface area contributed by atoms with E-state index in [9.17, 15) is 9.59 Å². The van der Waals surface area contributed by atoms with Crippen molar-refractivity contribution in [3.05, 3.63) is 28.2 Å². The fourth-order valence-corrected chi connectivity index (χ4v) is 3.00. The summed E-state index contributed by atoms with van der Waals surface area (Å²) in [6.07, 6.45) is 5.44. The zero-order valence-electron chi connectivity index (χ0n) is 10.0. The average Bonchev–Trinajstić information content (AvgIpc) is 2.40. The summed E-state index contributed by atoms with van der Waals surface area (Å²) < 4.78 is 0. The number of halogens is 1. The molecule has 1 amide bonds. The Hall–Kier alpha value is -1.17. The number of amides is 1. The molecule has 2 rings (SSSR count). The van der Waals surface area contributed by atoms with Gasteiger partial charge in [-0.1, -0.05) is 35.2 Å². The zero-order valence-corrected chi connectivity index (χ0v) is 11.6. The van der Waals surface area contributed by atoms with Gasteiger partial charge in [-0.3, -0.25) is 9.59 Å². The summed E-state index contributed by atoms with van der Waals surface area (Å²) in [6, 6.07) is 2.75. The van der Waals surface area contributed by atoms with E-state index in [2.05, 4.69) is 31.4 Å². The molecule has 2 N–H and O–H groups in total. The number of hydrogen-bond acceptors (Lipinski definition) is 3. The molecule has 1 aromatic rings. The largest absolute Gasteiger partial charge is 0.344 e. The van der Waals surface area contributed by atoms with E-state index < -0.39 is 0 Å². The van der Waals surface area contributed by atoms with E-state index in [-0.39, 0.29) is 22.7 Å². The highest BCUT2D eigenvalue weighted by Gasteiger charge is 2.32. The first-order valence-corrected chi connectivity index (χ1v) is 7.22. The van der Waals surface area contributed by atoms with Crippen LogP contribution in [0.5, 0.6) is 0 Å². The van der Waals surface area contributed by atoms with E-state index in [1.165, 1.54) is 18.6 Å². The summed E-state index contributed by atoms with van der Waals surface area (Å²) in [5.74, 6) is -0.229. The number of nitrogens with one attached hydrogen (secondary N) is 2. The fraction of sp³-hybridized carbons (Fsp3) is 0.583. The number of aromatic amines is 1. The van der Waals surface area contributed by atoms with E-state index in [4.69, 9.17) is 0 Å². The maximum absolute atomic E-state index is 12.1. The second-order valence-corrected chi connectivity index (χ2v) is 5.30. The lowest BCUT2D eigenvalue weighted by Gasteiger charge is -2.36. The lowest BCUT2D eigenvalue weighted by atomic mass is 9.83. The van der Waals surface area contributed by atoms with Crippen LogP contribution in [0.15, 0.2) is 16.9 Å². The summed E-state index contributed by atoms with van der Waals surface area (Å²) in [5.41, 5.74) is -0.229. The van der Waals surface area contributed by atoms with Crippen molar-refractivity contribution in [2.45, 2.75) is 37.6 Å². The standard InChI is InChI=1S/C12H16BrN3O2/c13-8-12(6-2-1-3-7-12)14-11(18)9-4-5-10(17)16-15-9/h4-5H,1-3,6-8H2,(H,14,18)(H,16,17). The summed E-state index contributed by atoms with van der Waals surface area (Å²) in [7, 11) is 0. The van der Waals surface area contributed by atoms with Crippen molar-refractivity contribution in [2.75, 3.05) is 5.33 Å². The minimum atomic E-state index is -0.306. The van der Waals surface area contributed by atoms with Crippen molar-refractivity contribution < 1.29 is 4.79 Å². The van der Waals surface area contributed by atoms with Gasteiger partial charge in [0.2, 0.25) is 0 Å². The molecule has 18 heavy (non-hydrogen) atoms. The Morgan fingerprint density at radius 1 is 1.39 bits per heavy atom. The Labute approximate surface area is 113 Å². The SMILES string of the molecule is O=C(NC1(CBr)CCCCC1)c1ccc(=O)[nH]n1. The molecule has 0 saturated heterocycles. The first-order valence-electron chi connectivity index (χ1n) is 6.09. The van der Waals surface area contributed by atoms with Crippen molar-refractivity contribution in [3.8, 4) is 0 Å². The van der Waals surface area contributed by atoms with Crippen LogP contribution in [0, 0.1) is 0 Å². The summed E-state index contributed by atoms with van der Waals surface area (Å²) in [6.45, 7) is 0. The Kier molecular flexibility index (Phi) is 4.16. The third kappa shape index (κ3) is 2.98. The van der Waals surface area contributed by atoms with Crippen molar-refractivity contribution in [1.29, 1.82) is 0 Å². The average molecular weight is 314 g/mol. The Morgan fingerprint density at radius 2 is 2.11 bits per heavy atom. The number of alkyl halides is 1. The number of carbonyl (C=O) groups is 1. The van der Waals surface area contributed by atoms with E-state index in [1.807, 2.05) is 0 Å². The molecule has 1 saturated carbocycles. The summed E-state index contributed by atoms with van der Waals surface area (Å²) >= 11 is 3.49. The van der Waals surface area contributed by atoms with Gasteiger partial charge in [0.1, 0.15) is 5.69 Å². The van der Waals surface area contributed by atoms with Crippen molar-refractivity contribution in [2.24, 2.45) is 0 Å². The van der Waals surface area contributed by atoms with Gasteiger partial charge in [0, 0.05) is 11.4 Å². The Bertz CT molecular complexity index is 460. The van der Waals surface area contributed by atoms with Gasteiger partial charge in [-0.2, -0.15) is 5.10 Å². The van der Waals surface area contributed by atoms with Crippen LogP contribution in [-0.4, -0.2) is 27.0 Å². The van der Waals surface area contributed by atoms with Gasteiger partial charge in [-0.05, 0) is 18.9 Å². The molecule has 98 valence electrons. The second kappa shape index (κ2) is 5.65. The van der Waals surface area contributed by atoms with Crippen LogP contribution in [-0.2, 0) is 0 Å². The lowest BCUT2D eigenvalue weighted by Crippen LogP contribution is -2.51. The Balaban J connectivity index is 2.09. The highest BCUT2D eigenvalue weighted by molar-refractivity contribution is 9.09. The maximum atomic E-state index is 12.1. The van der Waals surface area contributed by atoms with Gasteiger partial charge < -0.3 is 5.32 Å². The van der Waals surface area contributed by atoms with Crippen LogP contribution in [0.3, 0.4) is 0 Å². The monoisotopic (exact) mass is 313 g/mol. The van der Waals surface area contributed by atoms with Crippen LogP contribution in [0.2, 0.25) is 0 Å². The normalized spacial score (nSPS) is 18.3. The molecule has 0 radical (unpaired) electrons. The molecule has 0 spiro atoms. The number of H-pyrrole nitrogens is 1. The molecule has 6 heteroatoms. The molecule has 0 aliphatic heterocycles. The molecule has 1 aliphatic rings. The van der Waals surface area contributed by atoms with Crippen LogP contribution in [0.4, 0.5) is 0 Å². The van der Waals surface area contributed by atoms with Gasteiger partial charge in [0.25, 0.3) is 11.5 Å². The molecule has 1 aromatic heterocycles. The van der Waals surface area contributed by atoms with E-state index in [0.29, 0.717) is 0 Å². The molecule has 0 atom stereocenters. The van der Waals surface area contributed by atoms with Crippen LogP contribution in [0.25, 0.3) is 0 Å². The second-order valence-electron chi connectivity index (χ2n) is 4.74. The van der Waals surface area contributed by atoms with Crippen LogP contribution >= 0.6 is 15.9 Å². The van der Waals surface area contributed by atoms with E-state index in [0.717, 1.165) is 31.0 Å². The molecular weight excluding hydrogens is 298 g/mol. The van der Waals surface area contributed by atoms with E-state index >= 15 is 0 Å². The van der Waals surface area contributed by atoms with Crippen molar-refractivity contribution in [1.82, 2.24) is 15.5 Å². The van der Waals surface area contributed by atoms with Gasteiger partial charge in [-0.25, -0.2) is 5.10 Å². The van der Waals surface area contributed by atoms with Crippen LogP contribution < -0.4 is 10.9 Å². The van der Waals surface area contributed by atoms with Crippen molar-refractivity contribution in [3.63, 3.8) is 0 Å². The zero-order chi connectivity index (χ0) is 13.0. The molecule has 1 aliphatic carbocycles. The number of aromatic nitrogens is 2. The predicted molar refractivity (Wildman–Crippen MR) is 71.9 cm³/mol. The number of hydrogen-bond donors (Lipinski definition) is 2. The molecule has 1 fully saturated rings. The molecular formula is C12H16BrN3O2. The fourth-order valence-electron chi connectivity index (χ4n) is 2.30. The molecule has 0 bridgehead atoms. The van der Waals surface area contributed by atoms with Crippen molar-refractivity contribution >= 4 is 21.8 Å². The summed E-state index contributed by atoms with van der Waals surface area (Å²) in [4.78, 5) is 23.0. The summed E-state index contributed by atoms with van der Waals surface area (Å²) in [5, 5.41) is 9.81. The first kappa shape index (κ1) is 13.3. The first-order chi connectivity index (χ1) is 8.65. The maximum Gasteiger partial charge on any atom is 0.272 e. The molecule has 0 aromatic carbocycles. The number of rotatable bonds is 3. The topological polar surface area (TPSA) is 74.8 Å². The minimum absolute atomic E-state index is 0.173. The quantitative estimate of drug-likeness (QED) is 0.832. The number of nitrogens with zero attached hydrogens (tertiary/aromatic N) is 1. The highest BCUT2D eigenvalue weighted by atomic mass is 79.9. The predicted octanol–water partition coefficient (Wildman–Crippen LogP) is 1.60. The number of carbonyl (C=O) groups excluding carboxylic acids is 1. The highest BCUT2D eigenvalue weighted by Crippen LogP contribution is 2.29. The molecule has 5 nitrogen and oxygen atoms in total. The van der Waals surface area contributed by atoms with Gasteiger partial charge in [0.15, 0.2) is 0 Å². The van der Waals surface area contributed by atoms with Gasteiger partial charge >= 0.3 is 0 Å². The third-order valence-corrected chi connectivity index (χ3v) is 4.43. The Morgan fingerprint density at radius 3 is 2.67 bits per heavy atom. The van der Waals surface area contributed by atoms with Gasteiger partial charge in [-0.15, -0.1) is 0 Å². The van der Waals surface area contributed by atoms with Crippen LogP contribution in [0.1, 0.15) is 42.6 Å². The smallest absolute Gasteiger partial charge is 0.272 e. The minimum Gasteiger partial charge on any atom is -0.344 e. The molecule has 0 unspecified atom stereocenters. The van der Waals surface area contributed by atoms with E-state index in [1.54, 1.807) is 0 Å². The lowest BCUT2D eigenvalue weighted by molar-refractivity contribution is 0.0880.